The molecule has 0 spiro atoms. The third-order valence-corrected chi connectivity index (χ3v) is 6.72. The standard InChI is InChI=1S/C28H26F4N4O3/c1-15-20-10-21-23(39-26(25(21)27(37)33-2)16-4-7-18(29)8-5-16)11-22(20)36(3)14-19(38-15)13-35-24-9-6-17(12-34-24)28(30,31)32/h4-12,15,19H,13-14H2,1-3H3,(H,33,37)(H,34,35)/t15-,19+/m0/s1. The van der Waals surface area contributed by atoms with Gasteiger partial charge in [0.1, 0.15) is 23.0 Å². The van der Waals surface area contributed by atoms with Crippen LogP contribution in [-0.4, -0.2) is 44.2 Å². The van der Waals surface area contributed by atoms with E-state index in [1.54, 1.807) is 12.1 Å². The molecule has 0 bridgehead atoms. The van der Waals surface area contributed by atoms with Crippen LogP contribution >= 0.6 is 0 Å². The molecule has 2 aromatic carbocycles. The van der Waals surface area contributed by atoms with Crippen LogP contribution in [0.3, 0.4) is 0 Å². The first-order valence-electron chi connectivity index (χ1n) is 12.3. The molecule has 0 radical (unpaired) electrons. The molecule has 4 aromatic rings. The molecule has 1 aliphatic heterocycles. The van der Waals surface area contributed by atoms with Gasteiger partial charge in [0.15, 0.2) is 0 Å². The van der Waals surface area contributed by atoms with E-state index in [9.17, 15) is 22.4 Å². The highest BCUT2D eigenvalue weighted by atomic mass is 19.4. The molecular weight excluding hydrogens is 516 g/mol. The maximum Gasteiger partial charge on any atom is 0.417 e. The van der Waals surface area contributed by atoms with Gasteiger partial charge in [0.05, 0.1) is 23.3 Å². The predicted molar refractivity (Wildman–Crippen MR) is 139 cm³/mol. The Morgan fingerprint density at radius 3 is 2.54 bits per heavy atom. The van der Waals surface area contributed by atoms with Crippen LogP contribution in [0.25, 0.3) is 22.3 Å². The van der Waals surface area contributed by atoms with Gasteiger partial charge in [0.2, 0.25) is 0 Å². The van der Waals surface area contributed by atoms with Crippen molar-refractivity contribution in [2.45, 2.75) is 25.3 Å². The van der Waals surface area contributed by atoms with E-state index in [-0.39, 0.29) is 18.1 Å². The third kappa shape index (κ3) is 5.26. The maximum atomic E-state index is 13.5. The Kier molecular flexibility index (Phi) is 6.94. The van der Waals surface area contributed by atoms with Crippen molar-refractivity contribution in [2.75, 3.05) is 37.4 Å². The summed E-state index contributed by atoms with van der Waals surface area (Å²) in [6.45, 7) is 2.69. The number of rotatable bonds is 5. The topological polar surface area (TPSA) is 79.6 Å². The van der Waals surface area contributed by atoms with Gasteiger partial charge >= 0.3 is 6.18 Å². The van der Waals surface area contributed by atoms with Gasteiger partial charge in [-0.15, -0.1) is 0 Å². The van der Waals surface area contributed by atoms with Gasteiger partial charge in [-0.1, -0.05) is 0 Å². The second-order valence-corrected chi connectivity index (χ2v) is 9.39. The molecule has 7 nitrogen and oxygen atoms in total. The fourth-order valence-electron chi connectivity index (χ4n) is 4.77. The number of carbonyl (C=O) groups excluding carboxylic acids is 1. The normalized spacial score (nSPS) is 17.6. The quantitative estimate of drug-likeness (QED) is 0.300. The van der Waals surface area contributed by atoms with Crippen LogP contribution < -0.4 is 15.5 Å². The fraction of sp³-hybridized carbons (Fsp3) is 0.286. The summed E-state index contributed by atoms with van der Waals surface area (Å²) in [7, 11) is 3.43. The zero-order valence-corrected chi connectivity index (χ0v) is 21.4. The van der Waals surface area contributed by atoms with Crippen LogP contribution in [0.15, 0.2) is 59.1 Å². The molecule has 2 aromatic heterocycles. The van der Waals surface area contributed by atoms with E-state index in [0.717, 1.165) is 23.5 Å². The van der Waals surface area contributed by atoms with Gasteiger partial charge in [0.25, 0.3) is 5.91 Å². The summed E-state index contributed by atoms with van der Waals surface area (Å²) in [6.07, 6.45) is -4.35. The number of benzene rings is 2. The van der Waals surface area contributed by atoms with E-state index in [4.69, 9.17) is 9.15 Å². The van der Waals surface area contributed by atoms with Gasteiger partial charge < -0.3 is 24.7 Å². The molecule has 1 amide bonds. The van der Waals surface area contributed by atoms with Crippen molar-refractivity contribution in [1.29, 1.82) is 0 Å². The van der Waals surface area contributed by atoms with E-state index in [2.05, 4.69) is 15.6 Å². The lowest BCUT2D eigenvalue weighted by atomic mass is 10.00. The molecule has 0 aliphatic carbocycles. The first-order valence-corrected chi connectivity index (χ1v) is 12.3. The molecule has 39 heavy (non-hydrogen) atoms. The van der Waals surface area contributed by atoms with Crippen LogP contribution in [0.1, 0.15) is 34.5 Å². The van der Waals surface area contributed by atoms with Crippen LogP contribution in [-0.2, 0) is 10.9 Å². The summed E-state index contributed by atoms with van der Waals surface area (Å²) < 4.78 is 64.4. The summed E-state index contributed by atoms with van der Waals surface area (Å²) in [5, 5.41) is 6.30. The van der Waals surface area contributed by atoms with Crippen molar-refractivity contribution < 1.29 is 31.5 Å². The Morgan fingerprint density at radius 2 is 1.90 bits per heavy atom. The summed E-state index contributed by atoms with van der Waals surface area (Å²) in [4.78, 5) is 18.8. The van der Waals surface area contributed by atoms with Crippen molar-refractivity contribution in [3.8, 4) is 11.3 Å². The smallest absolute Gasteiger partial charge is 0.417 e. The molecule has 2 N–H and O–H groups in total. The lowest BCUT2D eigenvalue weighted by molar-refractivity contribution is -0.137. The molecule has 0 saturated carbocycles. The lowest BCUT2D eigenvalue weighted by Crippen LogP contribution is -2.34. The Labute approximate surface area is 221 Å². The number of fused-ring (bicyclic) bond motifs is 2. The van der Waals surface area contributed by atoms with E-state index in [0.29, 0.717) is 46.8 Å². The highest BCUT2D eigenvalue weighted by molar-refractivity contribution is 6.11. The second kappa shape index (κ2) is 10.2. The minimum absolute atomic E-state index is 0.310. The number of alkyl halides is 3. The number of aromatic nitrogens is 1. The van der Waals surface area contributed by atoms with E-state index < -0.39 is 17.6 Å². The summed E-state index contributed by atoms with van der Waals surface area (Å²) in [5.74, 6) is -0.0833. The van der Waals surface area contributed by atoms with E-state index in [1.807, 2.05) is 31.0 Å². The monoisotopic (exact) mass is 542 g/mol. The largest absolute Gasteiger partial charge is 0.455 e. The maximum absolute atomic E-state index is 13.5. The van der Waals surface area contributed by atoms with Gasteiger partial charge in [0, 0.05) is 61.6 Å². The van der Waals surface area contributed by atoms with Crippen LogP contribution in [0.2, 0.25) is 0 Å². The highest BCUT2D eigenvalue weighted by Gasteiger charge is 2.31. The first kappa shape index (κ1) is 26.5. The molecule has 5 rings (SSSR count). The summed E-state index contributed by atoms with van der Waals surface area (Å²) in [5.41, 5.74) is 2.29. The third-order valence-electron chi connectivity index (χ3n) is 6.72. The number of pyridine rings is 1. The Morgan fingerprint density at radius 1 is 1.15 bits per heavy atom. The number of anilines is 2. The predicted octanol–water partition coefficient (Wildman–Crippen LogP) is 6.02. The fourth-order valence-corrected chi connectivity index (χ4v) is 4.77. The highest BCUT2D eigenvalue weighted by Crippen LogP contribution is 2.41. The number of amides is 1. The number of hydrogen-bond acceptors (Lipinski definition) is 6. The van der Waals surface area contributed by atoms with Crippen LogP contribution in [0, 0.1) is 5.82 Å². The van der Waals surface area contributed by atoms with E-state index >= 15 is 0 Å². The number of likely N-dealkylation sites (N-methyl/N-ethyl adjacent to an activating group) is 1. The molecule has 204 valence electrons. The van der Waals surface area contributed by atoms with Crippen molar-refractivity contribution in [3.05, 3.63) is 77.2 Å². The Hall–Kier alpha value is -4.12. The molecule has 0 saturated heterocycles. The molecular formula is C28H26F4N4O3. The number of nitrogens with one attached hydrogen (secondary N) is 2. The van der Waals surface area contributed by atoms with Crippen molar-refractivity contribution in [1.82, 2.24) is 10.3 Å². The first-order chi connectivity index (χ1) is 18.5. The van der Waals surface area contributed by atoms with Crippen molar-refractivity contribution in [2.24, 2.45) is 0 Å². The Bertz CT molecular complexity index is 1500. The van der Waals surface area contributed by atoms with E-state index in [1.165, 1.54) is 25.2 Å². The molecule has 1 aliphatic rings. The zero-order valence-electron chi connectivity index (χ0n) is 21.4. The number of carbonyl (C=O) groups is 1. The number of ether oxygens (including phenoxy) is 1. The minimum atomic E-state index is -4.45. The second-order valence-electron chi connectivity index (χ2n) is 9.39. The van der Waals surface area contributed by atoms with Gasteiger partial charge in [-0.25, -0.2) is 9.37 Å². The van der Waals surface area contributed by atoms with Crippen LogP contribution in [0.4, 0.5) is 29.1 Å². The number of hydrogen-bond donors (Lipinski definition) is 2. The summed E-state index contributed by atoms with van der Waals surface area (Å²) in [6, 6.07) is 11.7. The average Bonchev–Trinajstić information content (AvgIpc) is 3.23. The minimum Gasteiger partial charge on any atom is -0.455 e. The van der Waals surface area contributed by atoms with Crippen molar-refractivity contribution in [3.63, 3.8) is 0 Å². The SMILES string of the molecule is CNC(=O)c1c(-c2ccc(F)cc2)oc2cc3c(cc12)[C@H](C)O[C@H](CNc1ccc(C(F)(F)F)cn1)CN3C. The number of nitrogens with zero attached hydrogens (tertiary/aromatic N) is 2. The average molecular weight is 543 g/mol. The van der Waals surface area contributed by atoms with Crippen molar-refractivity contribution >= 4 is 28.4 Å². The molecule has 11 heteroatoms. The molecule has 3 heterocycles. The zero-order chi connectivity index (χ0) is 27.9. The molecule has 2 atom stereocenters. The van der Waals surface area contributed by atoms with Gasteiger partial charge in [-0.05, 0) is 49.4 Å². The number of furan rings is 1. The molecule has 0 unspecified atom stereocenters. The van der Waals surface area contributed by atoms with Gasteiger partial charge in [-0.2, -0.15) is 13.2 Å². The molecule has 0 fully saturated rings. The number of halogens is 4. The van der Waals surface area contributed by atoms with Crippen LogP contribution in [0.5, 0.6) is 0 Å². The summed E-state index contributed by atoms with van der Waals surface area (Å²) >= 11 is 0. The van der Waals surface area contributed by atoms with Gasteiger partial charge in [-0.3, -0.25) is 4.79 Å². The Balaban J connectivity index is 1.43. The lowest BCUT2D eigenvalue weighted by Gasteiger charge is -2.23.